The minimum absolute atomic E-state index is 0.310. The van der Waals surface area contributed by atoms with Crippen LogP contribution >= 0.6 is 0 Å². The van der Waals surface area contributed by atoms with E-state index in [1.807, 2.05) is 0 Å². The van der Waals surface area contributed by atoms with Crippen molar-refractivity contribution >= 4 is 0 Å². The van der Waals surface area contributed by atoms with Gasteiger partial charge in [0.1, 0.15) is 0 Å². The molecule has 1 nitrogen and oxygen atoms in total. The van der Waals surface area contributed by atoms with Crippen LogP contribution in [-0.4, -0.2) is 6.04 Å². The summed E-state index contributed by atoms with van der Waals surface area (Å²) in [7, 11) is 0. The van der Waals surface area contributed by atoms with Gasteiger partial charge in [-0.05, 0) is 37.3 Å². The van der Waals surface area contributed by atoms with Crippen molar-refractivity contribution in [1.29, 1.82) is 0 Å². The Morgan fingerprint density at radius 3 is 2.38 bits per heavy atom. The average Bonchev–Trinajstić information content (AvgIpc) is 2.15. The Morgan fingerprint density at radius 2 is 1.85 bits per heavy atom. The fourth-order valence-corrected chi connectivity index (χ4v) is 1.53. The molecule has 1 atom stereocenters. The molecule has 0 radical (unpaired) electrons. The summed E-state index contributed by atoms with van der Waals surface area (Å²) in [5, 5.41) is 0. The predicted octanol–water partition coefficient (Wildman–Crippen LogP) is 2.53. The summed E-state index contributed by atoms with van der Waals surface area (Å²) in [5.41, 5.74) is 8.65. The molecule has 13 heavy (non-hydrogen) atoms. The number of nitrogens with two attached hydrogens (primary N) is 1. The summed E-state index contributed by atoms with van der Waals surface area (Å²) < 4.78 is 0. The van der Waals surface area contributed by atoms with E-state index < -0.39 is 0 Å². The molecule has 0 saturated heterocycles. The van der Waals surface area contributed by atoms with Crippen molar-refractivity contribution in [2.75, 3.05) is 0 Å². The fraction of sp³-hybridized carbons (Fsp3) is 0.500. The summed E-state index contributed by atoms with van der Waals surface area (Å²) in [5.74, 6) is 0. The molecule has 1 heteroatoms. The third kappa shape index (κ3) is 3.19. The van der Waals surface area contributed by atoms with E-state index in [1.54, 1.807) is 0 Å². The van der Waals surface area contributed by atoms with Crippen LogP contribution in [0.1, 0.15) is 31.4 Å². The zero-order valence-corrected chi connectivity index (χ0v) is 8.59. The zero-order chi connectivity index (χ0) is 9.68. The third-order valence-electron chi connectivity index (χ3n) is 2.37. The van der Waals surface area contributed by atoms with Gasteiger partial charge in [-0.2, -0.15) is 0 Å². The fourth-order valence-electron chi connectivity index (χ4n) is 1.53. The summed E-state index contributed by atoms with van der Waals surface area (Å²) in [6.45, 7) is 4.26. The van der Waals surface area contributed by atoms with Crippen LogP contribution in [0.25, 0.3) is 0 Å². The first-order valence-electron chi connectivity index (χ1n) is 5.06. The van der Waals surface area contributed by atoms with E-state index in [2.05, 4.69) is 38.1 Å². The first-order chi connectivity index (χ1) is 6.24. The van der Waals surface area contributed by atoms with Gasteiger partial charge in [0.25, 0.3) is 0 Å². The highest BCUT2D eigenvalue weighted by Crippen LogP contribution is 2.12. The summed E-state index contributed by atoms with van der Waals surface area (Å²) in [4.78, 5) is 0. The Kier molecular flexibility index (Phi) is 3.97. The molecule has 1 rings (SSSR count). The Balaban J connectivity index is 2.64. The lowest BCUT2D eigenvalue weighted by Gasteiger charge is -2.08. The van der Waals surface area contributed by atoms with Gasteiger partial charge in [-0.1, -0.05) is 31.2 Å². The molecular weight excluding hydrogens is 158 g/mol. The van der Waals surface area contributed by atoms with Gasteiger partial charge in [-0.25, -0.2) is 0 Å². The van der Waals surface area contributed by atoms with Gasteiger partial charge in [-0.3, -0.25) is 0 Å². The van der Waals surface area contributed by atoms with Crippen LogP contribution in [0, 0.1) is 0 Å². The maximum absolute atomic E-state index is 5.73. The Hall–Kier alpha value is -0.820. The van der Waals surface area contributed by atoms with Crippen molar-refractivity contribution in [3.05, 3.63) is 35.4 Å². The maximum atomic E-state index is 5.73. The number of aryl methyl sites for hydroxylation is 2. The standard InChI is InChI=1S/C12H19N/c1-3-11-6-4-5-7-12(11)9-8-10(2)13/h4-7,10H,3,8-9,13H2,1-2H3. The summed E-state index contributed by atoms with van der Waals surface area (Å²) in [6, 6.07) is 8.94. The van der Waals surface area contributed by atoms with E-state index in [9.17, 15) is 0 Å². The van der Waals surface area contributed by atoms with Gasteiger partial charge in [0.05, 0.1) is 0 Å². The predicted molar refractivity (Wildman–Crippen MR) is 57.8 cm³/mol. The molecule has 1 aromatic carbocycles. The molecule has 0 aliphatic carbocycles. The van der Waals surface area contributed by atoms with Crippen molar-refractivity contribution in [3.63, 3.8) is 0 Å². The molecule has 2 N–H and O–H groups in total. The van der Waals surface area contributed by atoms with E-state index in [0.717, 1.165) is 19.3 Å². The van der Waals surface area contributed by atoms with Gasteiger partial charge in [-0.15, -0.1) is 0 Å². The number of hydrogen-bond donors (Lipinski definition) is 1. The van der Waals surface area contributed by atoms with Gasteiger partial charge in [0.15, 0.2) is 0 Å². The topological polar surface area (TPSA) is 26.0 Å². The smallest absolute Gasteiger partial charge is 0.00136 e. The lowest BCUT2D eigenvalue weighted by molar-refractivity contribution is 0.663. The van der Waals surface area contributed by atoms with Crippen LogP contribution < -0.4 is 5.73 Å². The largest absolute Gasteiger partial charge is 0.328 e. The van der Waals surface area contributed by atoms with Crippen LogP contribution in [0.5, 0.6) is 0 Å². The van der Waals surface area contributed by atoms with E-state index >= 15 is 0 Å². The normalized spacial score (nSPS) is 12.8. The maximum Gasteiger partial charge on any atom is 0.00136 e. The lowest BCUT2D eigenvalue weighted by Crippen LogP contribution is -2.15. The van der Waals surface area contributed by atoms with Crippen molar-refractivity contribution in [2.24, 2.45) is 5.73 Å². The summed E-state index contributed by atoms with van der Waals surface area (Å²) >= 11 is 0. The Morgan fingerprint density at radius 1 is 1.23 bits per heavy atom. The van der Waals surface area contributed by atoms with E-state index in [4.69, 9.17) is 5.73 Å². The molecule has 0 saturated carbocycles. The first-order valence-corrected chi connectivity index (χ1v) is 5.06. The van der Waals surface area contributed by atoms with Gasteiger partial charge < -0.3 is 5.73 Å². The van der Waals surface area contributed by atoms with Crippen LogP contribution in [0.2, 0.25) is 0 Å². The molecule has 0 aliphatic heterocycles. The number of benzene rings is 1. The molecular formula is C12H19N. The minimum Gasteiger partial charge on any atom is -0.328 e. The lowest BCUT2D eigenvalue weighted by atomic mass is 9.99. The van der Waals surface area contributed by atoms with Crippen molar-refractivity contribution in [1.82, 2.24) is 0 Å². The third-order valence-corrected chi connectivity index (χ3v) is 2.37. The molecule has 0 heterocycles. The number of rotatable bonds is 4. The van der Waals surface area contributed by atoms with E-state index in [-0.39, 0.29) is 0 Å². The second kappa shape index (κ2) is 5.03. The average molecular weight is 177 g/mol. The Labute approximate surface area is 81.0 Å². The highest BCUT2D eigenvalue weighted by Gasteiger charge is 2.00. The summed E-state index contributed by atoms with van der Waals surface area (Å²) in [6.07, 6.45) is 3.31. The highest BCUT2D eigenvalue weighted by molar-refractivity contribution is 5.27. The van der Waals surface area contributed by atoms with E-state index in [0.29, 0.717) is 6.04 Å². The van der Waals surface area contributed by atoms with Gasteiger partial charge >= 0.3 is 0 Å². The molecule has 0 amide bonds. The molecule has 0 bridgehead atoms. The van der Waals surface area contributed by atoms with Crippen LogP contribution in [-0.2, 0) is 12.8 Å². The van der Waals surface area contributed by atoms with E-state index in [1.165, 1.54) is 11.1 Å². The molecule has 0 aliphatic rings. The van der Waals surface area contributed by atoms with Crippen molar-refractivity contribution in [3.8, 4) is 0 Å². The second-order valence-corrected chi connectivity index (χ2v) is 3.64. The van der Waals surface area contributed by atoms with Crippen LogP contribution in [0.3, 0.4) is 0 Å². The van der Waals surface area contributed by atoms with Crippen molar-refractivity contribution in [2.45, 2.75) is 39.2 Å². The SMILES string of the molecule is CCc1ccccc1CCC(C)N. The zero-order valence-electron chi connectivity index (χ0n) is 8.59. The van der Waals surface area contributed by atoms with Gasteiger partial charge in [0, 0.05) is 6.04 Å². The monoisotopic (exact) mass is 177 g/mol. The molecule has 1 unspecified atom stereocenters. The second-order valence-electron chi connectivity index (χ2n) is 3.64. The Bertz CT molecular complexity index is 253. The molecule has 0 spiro atoms. The highest BCUT2D eigenvalue weighted by atomic mass is 14.6. The minimum atomic E-state index is 0.310. The van der Waals surface area contributed by atoms with Crippen LogP contribution in [0.4, 0.5) is 0 Å². The molecule has 1 aromatic rings. The number of hydrogen-bond acceptors (Lipinski definition) is 1. The van der Waals surface area contributed by atoms with Gasteiger partial charge in [0.2, 0.25) is 0 Å². The molecule has 0 fully saturated rings. The molecule has 0 aromatic heterocycles. The quantitative estimate of drug-likeness (QED) is 0.751. The first kappa shape index (κ1) is 10.3. The van der Waals surface area contributed by atoms with Crippen LogP contribution in [0.15, 0.2) is 24.3 Å². The van der Waals surface area contributed by atoms with Crippen molar-refractivity contribution < 1.29 is 0 Å². The molecule has 72 valence electrons.